The number of hydrogen-bond acceptors (Lipinski definition) is 6. The molecular formula is C29H28N2O4S. The number of carbonyl (C=O) groups is 1. The Morgan fingerprint density at radius 2 is 1.81 bits per heavy atom. The number of para-hydroxylation sites is 1. The molecule has 1 amide bonds. The molecule has 0 aliphatic carbocycles. The molecule has 1 aromatic heterocycles. The van der Waals surface area contributed by atoms with Crippen LogP contribution in [0.25, 0.3) is 17.3 Å². The molecule has 0 unspecified atom stereocenters. The van der Waals surface area contributed by atoms with Crippen LogP contribution in [0.4, 0.5) is 5.13 Å². The minimum Gasteiger partial charge on any atom is -0.493 e. The van der Waals surface area contributed by atoms with Gasteiger partial charge in [0.15, 0.2) is 16.6 Å². The predicted molar refractivity (Wildman–Crippen MR) is 145 cm³/mol. The van der Waals surface area contributed by atoms with Gasteiger partial charge < -0.3 is 14.2 Å². The van der Waals surface area contributed by atoms with E-state index in [4.69, 9.17) is 14.2 Å². The number of ether oxygens (including phenoxy) is 3. The van der Waals surface area contributed by atoms with Crippen molar-refractivity contribution >= 4 is 28.5 Å². The topological polar surface area (TPSA) is 69.7 Å². The molecular weight excluding hydrogens is 472 g/mol. The number of carbonyl (C=O) groups excluding carboxylic acids is 1. The number of aryl methyl sites for hydroxylation is 1. The summed E-state index contributed by atoms with van der Waals surface area (Å²) in [6, 6.07) is 21.4. The van der Waals surface area contributed by atoms with Crippen molar-refractivity contribution in [2.24, 2.45) is 0 Å². The van der Waals surface area contributed by atoms with Crippen molar-refractivity contribution in [2.45, 2.75) is 20.5 Å². The average molecular weight is 501 g/mol. The zero-order chi connectivity index (χ0) is 25.3. The van der Waals surface area contributed by atoms with E-state index in [1.54, 1.807) is 13.2 Å². The predicted octanol–water partition coefficient (Wildman–Crippen LogP) is 6.76. The molecule has 3 aromatic carbocycles. The molecule has 0 saturated heterocycles. The maximum absolute atomic E-state index is 12.5. The molecule has 184 valence electrons. The molecule has 0 fully saturated rings. The zero-order valence-corrected chi connectivity index (χ0v) is 21.3. The highest BCUT2D eigenvalue weighted by Gasteiger charge is 2.11. The van der Waals surface area contributed by atoms with Gasteiger partial charge in [-0.1, -0.05) is 42.5 Å². The van der Waals surface area contributed by atoms with E-state index in [1.165, 1.54) is 23.0 Å². The third-order valence-electron chi connectivity index (χ3n) is 5.46. The summed E-state index contributed by atoms with van der Waals surface area (Å²) in [4.78, 5) is 17.0. The van der Waals surface area contributed by atoms with Gasteiger partial charge in [0.05, 0.1) is 19.4 Å². The summed E-state index contributed by atoms with van der Waals surface area (Å²) in [6.07, 6.45) is 3.19. The zero-order valence-electron chi connectivity index (χ0n) is 20.5. The highest BCUT2D eigenvalue weighted by molar-refractivity contribution is 7.14. The second kappa shape index (κ2) is 12.0. The first-order chi connectivity index (χ1) is 17.6. The minimum absolute atomic E-state index is 0.271. The second-order valence-electron chi connectivity index (χ2n) is 7.92. The van der Waals surface area contributed by atoms with Crippen LogP contribution in [0, 0.1) is 6.92 Å². The van der Waals surface area contributed by atoms with E-state index in [0.29, 0.717) is 29.8 Å². The number of thiazole rings is 1. The smallest absolute Gasteiger partial charge is 0.250 e. The van der Waals surface area contributed by atoms with E-state index < -0.39 is 0 Å². The number of hydrogen-bond donors (Lipinski definition) is 1. The lowest BCUT2D eigenvalue weighted by molar-refractivity contribution is -0.111. The number of benzene rings is 3. The number of methoxy groups -OCH3 is 1. The summed E-state index contributed by atoms with van der Waals surface area (Å²) in [6.45, 7) is 5.02. The highest BCUT2D eigenvalue weighted by Crippen LogP contribution is 2.32. The van der Waals surface area contributed by atoms with Gasteiger partial charge in [-0.15, -0.1) is 11.3 Å². The van der Waals surface area contributed by atoms with Gasteiger partial charge in [0.2, 0.25) is 5.91 Å². The number of aromatic nitrogens is 1. The highest BCUT2D eigenvalue weighted by atomic mass is 32.1. The monoisotopic (exact) mass is 500 g/mol. The maximum Gasteiger partial charge on any atom is 0.250 e. The van der Waals surface area contributed by atoms with Gasteiger partial charge in [0, 0.05) is 17.0 Å². The summed E-state index contributed by atoms with van der Waals surface area (Å²) < 4.78 is 17.2. The Kier molecular flexibility index (Phi) is 8.36. The molecule has 0 aliphatic heterocycles. The third-order valence-corrected chi connectivity index (χ3v) is 6.21. The van der Waals surface area contributed by atoms with Crippen LogP contribution >= 0.6 is 11.3 Å². The number of anilines is 1. The lowest BCUT2D eigenvalue weighted by Crippen LogP contribution is -2.07. The van der Waals surface area contributed by atoms with Gasteiger partial charge in [-0.25, -0.2) is 4.98 Å². The standard InChI is InChI=1S/C29H28N2O4S/c1-4-34-25-12-8-7-11-23(25)24-19-36-29(30-24)31-28(32)16-14-21-13-15-26(27(17-21)33-3)35-18-22-10-6-5-9-20(22)2/h5-17,19H,4,18H2,1-3H3,(H,30,31,32). The van der Waals surface area contributed by atoms with Crippen LogP contribution in [-0.4, -0.2) is 24.6 Å². The lowest BCUT2D eigenvalue weighted by atomic mass is 10.1. The second-order valence-corrected chi connectivity index (χ2v) is 8.77. The number of rotatable bonds is 10. The van der Waals surface area contributed by atoms with Crippen molar-refractivity contribution in [3.05, 3.63) is 94.9 Å². The van der Waals surface area contributed by atoms with Gasteiger partial charge >= 0.3 is 0 Å². The van der Waals surface area contributed by atoms with Crippen LogP contribution in [0.1, 0.15) is 23.6 Å². The molecule has 4 rings (SSSR count). The van der Waals surface area contributed by atoms with Gasteiger partial charge in [-0.05, 0) is 60.9 Å². The third kappa shape index (κ3) is 6.31. The molecule has 1 N–H and O–H groups in total. The Labute approximate surface area is 215 Å². The Hall–Kier alpha value is -4.10. The van der Waals surface area contributed by atoms with E-state index in [1.807, 2.05) is 73.0 Å². The van der Waals surface area contributed by atoms with E-state index in [2.05, 4.69) is 23.3 Å². The first kappa shape index (κ1) is 25.0. The Morgan fingerprint density at radius 1 is 1.00 bits per heavy atom. The Morgan fingerprint density at radius 3 is 2.61 bits per heavy atom. The number of nitrogens with one attached hydrogen (secondary N) is 1. The van der Waals surface area contributed by atoms with E-state index in [9.17, 15) is 4.79 Å². The molecule has 4 aromatic rings. The molecule has 7 heteroatoms. The largest absolute Gasteiger partial charge is 0.493 e. The van der Waals surface area contributed by atoms with Crippen molar-refractivity contribution in [1.29, 1.82) is 0 Å². The molecule has 1 heterocycles. The Balaban J connectivity index is 1.39. The molecule has 0 saturated carbocycles. The number of nitrogens with zero attached hydrogens (tertiary/aromatic N) is 1. The SMILES string of the molecule is CCOc1ccccc1-c1csc(NC(=O)C=Cc2ccc(OCc3ccccc3C)c(OC)c2)n1. The van der Waals surface area contributed by atoms with Crippen LogP contribution < -0.4 is 19.5 Å². The first-order valence-electron chi connectivity index (χ1n) is 11.6. The summed E-state index contributed by atoms with van der Waals surface area (Å²) in [5, 5.41) is 5.24. The van der Waals surface area contributed by atoms with E-state index >= 15 is 0 Å². The van der Waals surface area contributed by atoms with Gasteiger partial charge in [-0.3, -0.25) is 10.1 Å². The molecule has 0 radical (unpaired) electrons. The molecule has 0 spiro atoms. The lowest BCUT2D eigenvalue weighted by Gasteiger charge is -2.12. The fourth-order valence-corrected chi connectivity index (χ4v) is 4.28. The molecule has 6 nitrogen and oxygen atoms in total. The van der Waals surface area contributed by atoms with E-state index in [0.717, 1.165) is 28.1 Å². The van der Waals surface area contributed by atoms with Crippen LogP contribution in [0.15, 0.2) is 78.2 Å². The fraction of sp³-hybridized carbons (Fsp3) is 0.172. The fourth-order valence-electron chi connectivity index (χ4n) is 3.57. The van der Waals surface area contributed by atoms with E-state index in [-0.39, 0.29) is 5.91 Å². The van der Waals surface area contributed by atoms with Crippen molar-refractivity contribution < 1.29 is 19.0 Å². The maximum atomic E-state index is 12.5. The van der Waals surface area contributed by atoms with Gasteiger partial charge in [-0.2, -0.15) is 0 Å². The van der Waals surface area contributed by atoms with Crippen molar-refractivity contribution in [2.75, 3.05) is 19.0 Å². The van der Waals surface area contributed by atoms with Crippen molar-refractivity contribution in [3.8, 4) is 28.5 Å². The minimum atomic E-state index is -0.271. The van der Waals surface area contributed by atoms with Gasteiger partial charge in [0.1, 0.15) is 12.4 Å². The normalized spacial score (nSPS) is 10.9. The summed E-state index contributed by atoms with van der Waals surface area (Å²) in [7, 11) is 1.60. The van der Waals surface area contributed by atoms with Crippen LogP contribution in [0.3, 0.4) is 0 Å². The molecule has 0 aliphatic rings. The quantitative estimate of drug-likeness (QED) is 0.244. The average Bonchev–Trinajstić information content (AvgIpc) is 3.36. The van der Waals surface area contributed by atoms with Crippen LogP contribution in [0.5, 0.6) is 17.2 Å². The molecule has 36 heavy (non-hydrogen) atoms. The summed E-state index contributed by atoms with van der Waals surface area (Å²) >= 11 is 1.36. The summed E-state index contributed by atoms with van der Waals surface area (Å²) in [5.41, 5.74) is 4.76. The molecule has 0 bridgehead atoms. The van der Waals surface area contributed by atoms with Crippen molar-refractivity contribution in [3.63, 3.8) is 0 Å². The van der Waals surface area contributed by atoms with Crippen molar-refractivity contribution in [1.82, 2.24) is 4.98 Å². The summed E-state index contributed by atoms with van der Waals surface area (Å²) in [5.74, 6) is 1.74. The molecule has 0 atom stereocenters. The Bertz CT molecular complexity index is 1360. The van der Waals surface area contributed by atoms with Crippen LogP contribution in [-0.2, 0) is 11.4 Å². The van der Waals surface area contributed by atoms with Crippen LogP contribution in [0.2, 0.25) is 0 Å². The van der Waals surface area contributed by atoms with Gasteiger partial charge in [0.25, 0.3) is 0 Å². The number of amides is 1. The first-order valence-corrected chi connectivity index (χ1v) is 12.5.